The van der Waals surface area contributed by atoms with Crippen molar-refractivity contribution < 1.29 is 9.53 Å². The van der Waals surface area contributed by atoms with Crippen LogP contribution >= 0.6 is 0 Å². The highest BCUT2D eigenvalue weighted by Gasteiger charge is 2.26. The van der Waals surface area contributed by atoms with Crippen LogP contribution in [0, 0.1) is 0 Å². The molecule has 0 amide bonds. The largest absolute Gasteiger partial charge is 0.492 e. The van der Waals surface area contributed by atoms with E-state index in [4.69, 9.17) is 4.74 Å². The van der Waals surface area contributed by atoms with Gasteiger partial charge in [-0.05, 0) is 13.0 Å². The first-order valence-corrected chi connectivity index (χ1v) is 4.01. The summed E-state index contributed by atoms with van der Waals surface area (Å²) < 4.78 is 5.35. The van der Waals surface area contributed by atoms with Crippen LogP contribution in [0.15, 0.2) is 24.3 Å². The Morgan fingerprint density at radius 2 is 2.25 bits per heavy atom. The van der Waals surface area contributed by atoms with Gasteiger partial charge >= 0.3 is 0 Å². The first-order valence-electron chi connectivity index (χ1n) is 4.01. The molecular weight excluding hydrogens is 152 g/mol. The first-order chi connectivity index (χ1) is 5.79. The van der Waals surface area contributed by atoms with Crippen LogP contribution in [0.4, 0.5) is 0 Å². The molecule has 12 heavy (non-hydrogen) atoms. The molecule has 0 bridgehead atoms. The lowest BCUT2D eigenvalue weighted by molar-refractivity contribution is -0.118. The maximum atomic E-state index is 11.1. The van der Waals surface area contributed by atoms with Crippen molar-refractivity contribution in [3.63, 3.8) is 0 Å². The van der Waals surface area contributed by atoms with Crippen molar-refractivity contribution >= 4 is 5.78 Å². The fourth-order valence-electron chi connectivity index (χ4n) is 1.50. The summed E-state index contributed by atoms with van der Waals surface area (Å²) in [4.78, 5) is 11.1. The topological polar surface area (TPSA) is 26.3 Å². The Kier molecular flexibility index (Phi) is 1.61. The second-order valence-electron chi connectivity index (χ2n) is 3.01. The van der Waals surface area contributed by atoms with E-state index >= 15 is 0 Å². The Balaban J connectivity index is 2.42. The van der Waals surface area contributed by atoms with Crippen LogP contribution in [0.25, 0.3) is 0 Å². The molecule has 0 saturated heterocycles. The second kappa shape index (κ2) is 2.63. The number of hydrogen-bond acceptors (Lipinski definition) is 2. The molecule has 0 radical (unpaired) electrons. The fraction of sp³-hybridized carbons (Fsp3) is 0.300. The molecule has 1 aromatic rings. The van der Waals surface area contributed by atoms with E-state index < -0.39 is 0 Å². The monoisotopic (exact) mass is 162 g/mol. The van der Waals surface area contributed by atoms with Crippen LogP contribution in [0.1, 0.15) is 18.4 Å². The zero-order valence-electron chi connectivity index (χ0n) is 6.91. The van der Waals surface area contributed by atoms with E-state index in [0.717, 1.165) is 11.3 Å². The van der Waals surface area contributed by atoms with Gasteiger partial charge in [-0.2, -0.15) is 0 Å². The van der Waals surface area contributed by atoms with Gasteiger partial charge in [-0.15, -0.1) is 0 Å². The molecule has 0 saturated carbocycles. The summed E-state index contributed by atoms with van der Waals surface area (Å²) in [5, 5.41) is 0. The number of carbonyl (C=O) groups is 1. The van der Waals surface area contributed by atoms with Gasteiger partial charge in [0, 0.05) is 5.56 Å². The normalized spacial score (nSPS) is 19.9. The third-order valence-corrected chi connectivity index (χ3v) is 2.19. The summed E-state index contributed by atoms with van der Waals surface area (Å²) >= 11 is 0. The number of fused-ring (bicyclic) bond motifs is 1. The average Bonchev–Trinajstić information content (AvgIpc) is 2.47. The Morgan fingerprint density at radius 1 is 1.50 bits per heavy atom. The van der Waals surface area contributed by atoms with Gasteiger partial charge in [0.1, 0.15) is 18.1 Å². The molecular formula is C10H10O2. The highest BCUT2D eigenvalue weighted by atomic mass is 16.5. The lowest BCUT2D eigenvalue weighted by Gasteiger charge is -2.01. The third-order valence-electron chi connectivity index (χ3n) is 2.19. The summed E-state index contributed by atoms with van der Waals surface area (Å²) in [6, 6.07) is 7.71. The summed E-state index contributed by atoms with van der Waals surface area (Å²) in [6.07, 6.45) is 0. The van der Waals surface area contributed by atoms with Gasteiger partial charge in [-0.3, -0.25) is 4.79 Å². The molecule has 0 unspecified atom stereocenters. The predicted octanol–water partition coefficient (Wildman–Crippen LogP) is 1.75. The van der Waals surface area contributed by atoms with Gasteiger partial charge in [-0.25, -0.2) is 0 Å². The van der Waals surface area contributed by atoms with Crippen molar-refractivity contribution in [2.45, 2.75) is 12.8 Å². The number of ketones is 1. The van der Waals surface area contributed by atoms with Crippen molar-refractivity contribution in [1.82, 2.24) is 0 Å². The van der Waals surface area contributed by atoms with E-state index in [1.54, 1.807) is 6.92 Å². The summed E-state index contributed by atoms with van der Waals surface area (Å²) in [5.74, 6) is 0.999. The second-order valence-corrected chi connectivity index (χ2v) is 3.01. The van der Waals surface area contributed by atoms with E-state index in [0.29, 0.717) is 6.61 Å². The van der Waals surface area contributed by atoms with Crippen molar-refractivity contribution in [3.05, 3.63) is 29.8 Å². The van der Waals surface area contributed by atoms with E-state index in [-0.39, 0.29) is 11.7 Å². The van der Waals surface area contributed by atoms with Crippen molar-refractivity contribution in [1.29, 1.82) is 0 Å². The van der Waals surface area contributed by atoms with Gasteiger partial charge in [0.15, 0.2) is 0 Å². The van der Waals surface area contributed by atoms with E-state index in [2.05, 4.69) is 0 Å². The standard InChI is InChI=1S/C10H10O2/c1-7(11)9-6-12-10-5-3-2-4-8(9)10/h2-5,9H,6H2,1H3/t9-/m0/s1. The minimum Gasteiger partial charge on any atom is -0.492 e. The highest BCUT2D eigenvalue weighted by molar-refractivity contribution is 5.85. The number of carbonyl (C=O) groups excluding carboxylic acids is 1. The molecule has 0 spiro atoms. The molecule has 0 fully saturated rings. The number of hydrogen-bond donors (Lipinski definition) is 0. The average molecular weight is 162 g/mol. The lowest BCUT2D eigenvalue weighted by atomic mass is 9.98. The zero-order valence-corrected chi connectivity index (χ0v) is 6.91. The molecule has 62 valence electrons. The van der Waals surface area contributed by atoms with Crippen LogP contribution in [0.3, 0.4) is 0 Å². The summed E-state index contributed by atoms with van der Waals surface area (Å²) in [7, 11) is 0. The molecule has 1 aromatic carbocycles. The molecule has 1 atom stereocenters. The van der Waals surface area contributed by atoms with Crippen LogP contribution < -0.4 is 4.74 Å². The lowest BCUT2D eigenvalue weighted by Crippen LogP contribution is -2.09. The van der Waals surface area contributed by atoms with Crippen molar-refractivity contribution in [2.75, 3.05) is 6.61 Å². The number of rotatable bonds is 1. The summed E-state index contributed by atoms with van der Waals surface area (Å²) in [6.45, 7) is 2.12. The molecule has 2 nitrogen and oxygen atoms in total. The quantitative estimate of drug-likeness (QED) is 0.628. The first kappa shape index (κ1) is 7.35. The van der Waals surface area contributed by atoms with Crippen LogP contribution in [0.2, 0.25) is 0 Å². The molecule has 1 aliphatic rings. The minimum atomic E-state index is -0.0406. The maximum absolute atomic E-state index is 11.1. The molecule has 0 N–H and O–H groups in total. The highest BCUT2D eigenvalue weighted by Crippen LogP contribution is 2.33. The van der Waals surface area contributed by atoms with Gasteiger partial charge in [0.2, 0.25) is 0 Å². The Bertz CT molecular complexity index is 317. The SMILES string of the molecule is CC(=O)[C@@H]1COc2ccccc21. The van der Waals surface area contributed by atoms with E-state index in [9.17, 15) is 4.79 Å². The van der Waals surface area contributed by atoms with Gasteiger partial charge in [-0.1, -0.05) is 18.2 Å². The minimum absolute atomic E-state index is 0.0406. The summed E-state index contributed by atoms with van der Waals surface area (Å²) in [5.41, 5.74) is 1.03. The third kappa shape index (κ3) is 0.998. The Labute approximate surface area is 71.2 Å². The van der Waals surface area contributed by atoms with E-state index in [1.165, 1.54) is 0 Å². The molecule has 0 aliphatic carbocycles. The van der Waals surface area contributed by atoms with Crippen molar-refractivity contribution in [2.24, 2.45) is 0 Å². The zero-order chi connectivity index (χ0) is 8.55. The Hall–Kier alpha value is -1.31. The number of para-hydroxylation sites is 1. The predicted molar refractivity (Wildman–Crippen MR) is 45.4 cm³/mol. The number of Topliss-reactive ketones (excluding diaryl/α,β-unsaturated/α-hetero) is 1. The molecule has 0 aromatic heterocycles. The van der Waals surface area contributed by atoms with Gasteiger partial charge < -0.3 is 4.74 Å². The smallest absolute Gasteiger partial charge is 0.140 e. The van der Waals surface area contributed by atoms with E-state index in [1.807, 2.05) is 24.3 Å². The molecule has 2 heteroatoms. The van der Waals surface area contributed by atoms with Crippen LogP contribution in [-0.2, 0) is 4.79 Å². The molecule has 2 rings (SSSR count). The number of ether oxygens (including phenoxy) is 1. The van der Waals surface area contributed by atoms with Crippen LogP contribution in [-0.4, -0.2) is 12.4 Å². The van der Waals surface area contributed by atoms with Crippen molar-refractivity contribution in [3.8, 4) is 5.75 Å². The fourth-order valence-corrected chi connectivity index (χ4v) is 1.50. The molecule has 1 aliphatic heterocycles. The van der Waals surface area contributed by atoms with Crippen LogP contribution in [0.5, 0.6) is 5.75 Å². The Morgan fingerprint density at radius 3 is 3.00 bits per heavy atom. The van der Waals surface area contributed by atoms with Gasteiger partial charge in [0.25, 0.3) is 0 Å². The number of benzene rings is 1. The van der Waals surface area contributed by atoms with Gasteiger partial charge in [0.05, 0.1) is 5.92 Å². The maximum Gasteiger partial charge on any atom is 0.140 e. The molecule has 1 heterocycles.